The number of hydrogen-bond donors (Lipinski definition) is 0. The molecule has 6 heteroatoms. The van der Waals surface area contributed by atoms with E-state index in [0.717, 1.165) is 51.4 Å². The van der Waals surface area contributed by atoms with Crippen LogP contribution >= 0.6 is 0 Å². The summed E-state index contributed by atoms with van der Waals surface area (Å²) in [7, 11) is 3.02. The zero-order chi connectivity index (χ0) is 21.8. The summed E-state index contributed by atoms with van der Waals surface area (Å²) in [5.74, 6) is -0.415. The number of halogens is 1. The van der Waals surface area contributed by atoms with Crippen molar-refractivity contribution in [2.75, 3.05) is 19.1 Å². The van der Waals surface area contributed by atoms with E-state index >= 15 is 0 Å². The lowest BCUT2D eigenvalue weighted by Crippen LogP contribution is -2.47. The highest BCUT2D eigenvalue weighted by Gasteiger charge is 2.37. The third-order valence-electron chi connectivity index (χ3n) is 6.89. The Morgan fingerprint density at radius 1 is 1.00 bits per heavy atom. The van der Waals surface area contributed by atoms with Crippen LogP contribution in [0.5, 0.6) is 0 Å². The van der Waals surface area contributed by atoms with Crippen LogP contribution in [0.2, 0.25) is 0 Å². The largest absolute Gasteiger partial charge is 0.465 e. The predicted molar refractivity (Wildman–Crippen MR) is 114 cm³/mol. The second kappa shape index (κ2) is 9.90. The van der Waals surface area contributed by atoms with Crippen LogP contribution in [-0.2, 0) is 14.3 Å². The maximum atomic E-state index is 14.6. The van der Waals surface area contributed by atoms with Crippen LogP contribution in [-0.4, -0.2) is 38.2 Å². The number of anilines is 1. The van der Waals surface area contributed by atoms with Crippen molar-refractivity contribution in [3.63, 3.8) is 0 Å². The summed E-state index contributed by atoms with van der Waals surface area (Å²) in [4.78, 5) is 28.0. The number of hydrogen-bond acceptors (Lipinski definition) is 4. The first-order valence-electron chi connectivity index (χ1n) is 11.1. The van der Waals surface area contributed by atoms with E-state index in [9.17, 15) is 14.0 Å². The zero-order valence-corrected chi connectivity index (χ0v) is 18.6. The Labute approximate surface area is 178 Å². The molecule has 3 rings (SSSR count). The summed E-state index contributed by atoms with van der Waals surface area (Å²) in [6.07, 6.45) is 7.12. The van der Waals surface area contributed by atoms with Gasteiger partial charge in [0, 0.05) is 19.1 Å². The van der Waals surface area contributed by atoms with Crippen molar-refractivity contribution in [2.24, 2.45) is 11.8 Å². The van der Waals surface area contributed by atoms with Crippen LogP contribution < -0.4 is 4.90 Å². The minimum absolute atomic E-state index is 0.0103. The number of esters is 1. The molecule has 1 aromatic rings. The Morgan fingerprint density at radius 3 is 2.20 bits per heavy atom. The number of aryl methyl sites for hydroxylation is 1. The van der Waals surface area contributed by atoms with Crippen LogP contribution in [0.15, 0.2) is 12.1 Å². The molecule has 1 amide bonds. The van der Waals surface area contributed by atoms with Gasteiger partial charge < -0.3 is 14.4 Å². The van der Waals surface area contributed by atoms with Gasteiger partial charge in [-0.3, -0.25) is 4.79 Å². The number of nitrogens with zero attached hydrogens (tertiary/aromatic N) is 1. The number of benzene rings is 1. The van der Waals surface area contributed by atoms with E-state index in [-0.39, 0.29) is 29.5 Å². The molecule has 0 atom stereocenters. The van der Waals surface area contributed by atoms with Crippen LogP contribution in [0.4, 0.5) is 10.1 Å². The topological polar surface area (TPSA) is 55.8 Å². The van der Waals surface area contributed by atoms with Gasteiger partial charge in [-0.15, -0.1) is 0 Å². The summed E-state index contributed by atoms with van der Waals surface area (Å²) in [6.45, 7) is 3.83. The van der Waals surface area contributed by atoms with Crippen molar-refractivity contribution in [1.29, 1.82) is 0 Å². The second-order valence-electron chi connectivity index (χ2n) is 8.94. The third kappa shape index (κ3) is 4.85. The summed E-state index contributed by atoms with van der Waals surface area (Å²) in [5, 5.41) is 0. The molecule has 0 saturated heterocycles. The van der Waals surface area contributed by atoms with Crippen molar-refractivity contribution in [3.8, 4) is 0 Å². The smallest absolute Gasteiger partial charge is 0.339 e. The fourth-order valence-corrected chi connectivity index (χ4v) is 4.88. The summed E-state index contributed by atoms with van der Waals surface area (Å²) >= 11 is 0. The van der Waals surface area contributed by atoms with E-state index < -0.39 is 11.8 Å². The molecule has 0 aromatic heterocycles. The highest BCUT2D eigenvalue weighted by Crippen LogP contribution is 2.37. The molecule has 0 N–H and O–H groups in total. The number of methoxy groups -OCH3 is 2. The molecule has 2 fully saturated rings. The summed E-state index contributed by atoms with van der Waals surface area (Å²) in [6, 6.07) is 2.77. The second-order valence-corrected chi connectivity index (χ2v) is 8.94. The molecule has 2 aliphatic carbocycles. The van der Waals surface area contributed by atoms with Gasteiger partial charge in [0.15, 0.2) is 0 Å². The number of carbonyl (C=O) groups is 2. The van der Waals surface area contributed by atoms with E-state index in [1.807, 2.05) is 0 Å². The first-order valence-corrected chi connectivity index (χ1v) is 11.1. The Hall–Kier alpha value is -1.95. The van der Waals surface area contributed by atoms with Gasteiger partial charge in [0.2, 0.25) is 5.91 Å². The molecule has 0 radical (unpaired) electrons. The van der Waals surface area contributed by atoms with Crippen LogP contribution in [0.3, 0.4) is 0 Å². The van der Waals surface area contributed by atoms with Crippen molar-refractivity contribution in [2.45, 2.75) is 77.4 Å². The van der Waals surface area contributed by atoms with Crippen molar-refractivity contribution in [3.05, 3.63) is 29.1 Å². The molecule has 2 aliphatic rings. The number of carbonyl (C=O) groups excluding carboxylic acids is 2. The lowest BCUT2D eigenvalue weighted by molar-refractivity contribution is -0.124. The molecule has 2 saturated carbocycles. The molecule has 0 bridgehead atoms. The van der Waals surface area contributed by atoms with Gasteiger partial charge >= 0.3 is 5.97 Å². The van der Waals surface area contributed by atoms with Crippen molar-refractivity contribution < 1.29 is 23.5 Å². The van der Waals surface area contributed by atoms with Gasteiger partial charge in [-0.25, -0.2) is 9.18 Å². The predicted octanol–water partition coefficient (Wildman–Crippen LogP) is 5.04. The van der Waals surface area contributed by atoms with Crippen molar-refractivity contribution >= 4 is 17.6 Å². The molecule has 166 valence electrons. The van der Waals surface area contributed by atoms with Gasteiger partial charge in [-0.2, -0.15) is 0 Å². The van der Waals surface area contributed by atoms with Crippen LogP contribution in [0, 0.1) is 24.6 Å². The first kappa shape index (κ1) is 22.7. The van der Waals surface area contributed by atoms with E-state index in [2.05, 4.69) is 6.92 Å². The summed E-state index contributed by atoms with van der Waals surface area (Å²) in [5.41, 5.74) is 0.957. The minimum atomic E-state index is -0.547. The fraction of sp³-hybridized carbons (Fsp3) is 0.667. The normalized spacial score (nSPS) is 26.8. The fourth-order valence-electron chi connectivity index (χ4n) is 4.88. The average Bonchev–Trinajstić information content (AvgIpc) is 2.76. The lowest BCUT2D eigenvalue weighted by atomic mass is 9.81. The van der Waals surface area contributed by atoms with E-state index in [4.69, 9.17) is 9.47 Å². The minimum Gasteiger partial charge on any atom is -0.465 e. The molecule has 30 heavy (non-hydrogen) atoms. The van der Waals surface area contributed by atoms with Crippen LogP contribution in [0.1, 0.15) is 74.2 Å². The molecule has 0 heterocycles. The average molecular weight is 420 g/mol. The molecular formula is C24H34FNO4. The monoisotopic (exact) mass is 419 g/mol. The van der Waals surface area contributed by atoms with Gasteiger partial charge in [0.05, 0.1) is 24.5 Å². The molecule has 5 nitrogen and oxygen atoms in total. The molecule has 0 unspecified atom stereocenters. The third-order valence-corrected chi connectivity index (χ3v) is 6.89. The number of amides is 1. The Kier molecular flexibility index (Phi) is 7.50. The Balaban J connectivity index is 2.00. The lowest BCUT2D eigenvalue weighted by Gasteiger charge is -2.40. The number of ether oxygens (including phenoxy) is 2. The SMILES string of the molecule is COC(=O)c1cc(C)c(F)cc1N(C(=O)[C@H]1CC[C@H](C)CC1)C1CCC(OC)CC1. The molecule has 0 spiro atoms. The highest BCUT2D eigenvalue weighted by molar-refractivity contribution is 6.03. The van der Waals surface area contributed by atoms with Crippen molar-refractivity contribution in [1.82, 2.24) is 0 Å². The van der Waals surface area contributed by atoms with Gasteiger partial charge in [0.25, 0.3) is 0 Å². The standard InChI is InChI=1S/C24H34FNO4/c1-15-5-7-17(8-6-15)23(27)26(18-9-11-19(29-3)12-10-18)22-14-21(25)16(2)13-20(22)24(28)30-4/h13-15,17-19H,5-12H2,1-4H3/t15-,17-,18?,19?. The highest BCUT2D eigenvalue weighted by atomic mass is 19.1. The number of rotatable bonds is 5. The zero-order valence-electron chi connectivity index (χ0n) is 18.6. The maximum absolute atomic E-state index is 14.6. The quantitative estimate of drug-likeness (QED) is 0.628. The molecule has 1 aromatic carbocycles. The van der Waals surface area contributed by atoms with E-state index in [1.165, 1.54) is 19.2 Å². The Morgan fingerprint density at radius 2 is 1.63 bits per heavy atom. The van der Waals surface area contributed by atoms with Crippen LogP contribution in [0.25, 0.3) is 0 Å². The summed E-state index contributed by atoms with van der Waals surface area (Å²) < 4.78 is 25.1. The van der Waals surface area contributed by atoms with Gasteiger partial charge in [-0.05, 0) is 81.9 Å². The molecular weight excluding hydrogens is 385 g/mol. The van der Waals surface area contributed by atoms with E-state index in [0.29, 0.717) is 17.2 Å². The Bertz CT molecular complexity index is 765. The first-order chi connectivity index (χ1) is 14.3. The van der Waals surface area contributed by atoms with E-state index in [1.54, 1.807) is 18.9 Å². The van der Waals surface area contributed by atoms with Gasteiger partial charge in [0.1, 0.15) is 5.82 Å². The molecule has 0 aliphatic heterocycles. The maximum Gasteiger partial charge on any atom is 0.339 e. The van der Waals surface area contributed by atoms with Gasteiger partial charge in [-0.1, -0.05) is 6.92 Å².